The van der Waals surface area contributed by atoms with Crippen LogP contribution in [0.3, 0.4) is 0 Å². The van der Waals surface area contributed by atoms with Gasteiger partial charge in [-0.1, -0.05) is 18.2 Å². The summed E-state index contributed by atoms with van der Waals surface area (Å²) in [7, 11) is 0. The number of ether oxygens (including phenoxy) is 1. The van der Waals surface area contributed by atoms with Gasteiger partial charge < -0.3 is 19.9 Å². The molecule has 2 unspecified atom stereocenters. The van der Waals surface area contributed by atoms with E-state index in [1.54, 1.807) is 0 Å². The highest BCUT2D eigenvalue weighted by atomic mass is 16.5. The van der Waals surface area contributed by atoms with Gasteiger partial charge in [0, 0.05) is 52.2 Å². The van der Waals surface area contributed by atoms with Crippen molar-refractivity contribution in [3.8, 4) is 5.75 Å². The molecule has 3 aliphatic rings. The summed E-state index contributed by atoms with van der Waals surface area (Å²) in [5.74, 6) is 2.24. The number of para-hydroxylation sites is 1. The van der Waals surface area contributed by atoms with E-state index in [1.165, 1.54) is 5.56 Å². The first-order chi connectivity index (χ1) is 14.7. The van der Waals surface area contributed by atoms with Crippen LogP contribution in [0.15, 0.2) is 29.3 Å². The van der Waals surface area contributed by atoms with Crippen molar-refractivity contribution in [2.24, 2.45) is 4.99 Å². The van der Waals surface area contributed by atoms with Crippen molar-refractivity contribution in [2.75, 3.05) is 52.4 Å². The maximum Gasteiger partial charge on any atom is 0.239 e. The predicted molar refractivity (Wildman–Crippen MR) is 119 cm³/mol. The Bertz CT molecular complexity index is 729. The second-order valence-corrected chi connectivity index (χ2v) is 8.48. The van der Waals surface area contributed by atoms with Crippen molar-refractivity contribution in [1.29, 1.82) is 0 Å². The van der Waals surface area contributed by atoms with E-state index in [0.717, 1.165) is 76.8 Å². The highest BCUT2D eigenvalue weighted by Crippen LogP contribution is 2.28. The Balaban J connectivity index is 1.30. The fourth-order valence-electron chi connectivity index (χ4n) is 4.65. The number of hydrogen-bond acceptors (Lipinski definition) is 4. The third-order valence-corrected chi connectivity index (χ3v) is 6.43. The van der Waals surface area contributed by atoms with Crippen molar-refractivity contribution in [1.82, 2.24) is 20.0 Å². The molecule has 0 bridgehead atoms. The SMILES string of the molecule is CCNC(=NCC1Cc2ccccc2O1)N1CCN(C(C)C(=O)N2CCCC2)CC1. The Kier molecular flexibility index (Phi) is 6.77. The van der Waals surface area contributed by atoms with Gasteiger partial charge in [-0.2, -0.15) is 0 Å². The maximum atomic E-state index is 12.7. The standard InChI is InChI=1S/C23H35N5O2/c1-3-24-23(25-17-20-16-19-8-4-5-9-21(19)30-20)28-14-12-26(13-15-28)18(2)22(29)27-10-6-7-11-27/h4-5,8-9,18,20H,3,6-7,10-17H2,1-2H3,(H,24,25). The molecule has 2 fully saturated rings. The molecule has 164 valence electrons. The predicted octanol–water partition coefficient (Wildman–Crippen LogP) is 1.58. The fourth-order valence-corrected chi connectivity index (χ4v) is 4.65. The number of nitrogens with one attached hydrogen (secondary N) is 1. The third-order valence-electron chi connectivity index (χ3n) is 6.43. The molecule has 3 aliphatic heterocycles. The molecule has 1 amide bonds. The number of amides is 1. The maximum absolute atomic E-state index is 12.7. The number of carbonyl (C=O) groups is 1. The first-order valence-electron chi connectivity index (χ1n) is 11.5. The van der Waals surface area contributed by atoms with E-state index >= 15 is 0 Å². The minimum Gasteiger partial charge on any atom is -0.488 e. The number of rotatable bonds is 5. The fraction of sp³-hybridized carbons (Fsp3) is 0.652. The first-order valence-corrected chi connectivity index (χ1v) is 11.5. The summed E-state index contributed by atoms with van der Waals surface area (Å²) in [5, 5.41) is 3.44. The lowest BCUT2D eigenvalue weighted by Crippen LogP contribution is -2.57. The molecule has 1 aromatic rings. The van der Waals surface area contributed by atoms with Crippen molar-refractivity contribution in [2.45, 2.75) is 45.3 Å². The first kappa shape index (κ1) is 21.0. The van der Waals surface area contributed by atoms with E-state index in [1.807, 2.05) is 17.0 Å². The lowest BCUT2D eigenvalue weighted by Gasteiger charge is -2.39. The molecular weight excluding hydrogens is 378 g/mol. The minimum atomic E-state index is -0.0323. The van der Waals surface area contributed by atoms with Gasteiger partial charge in [0.1, 0.15) is 11.9 Å². The molecule has 0 radical (unpaired) electrons. The van der Waals surface area contributed by atoms with E-state index in [-0.39, 0.29) is 12.1 Å². The van der Waals surface area contributed by atoms with Gasteiger partial charge in [0.25, 0.3) is 0 Å². The van der Waals surface area contributed by atoms with E-state index in [4.69, 9.17) is 9.73 Å². The van der Waals surface area contributed by atoms with Crippen LogP contribution >= 0.6 is 0 Å². The van der Waals surface area contributed by atoms with Crippen LogP contribution in [0.2, 0.25) is 0 Å². The Morgan fingerprint density at radius 3 is 2.57 bits per heavy atom. The second-order valence-electron chi connectivity index (χ2n) is 8.48. The average molecular weight is 414 g/mol. The average Bonchev–Trinajstić information content (AvgIpc) is 3.45. The largest absolute Gasteiger partial charge is 0.488 e. The zero-order chi connectivity index (χ0) is 20.9. The molecule has 3 heterocycles. The molecule has 30 heavy (non-hydrogen) atoms. The van der Waals surface area contributed by atoms with Gasteiger partial charge in [0.15, 0.2) is 5.96 Å². The summed E-state index contributed by atoms with van der Waals surface area (Å²) in [4.78, 5) is 24.3. The van der Waals surface area contributed by atoms with Crippen LogP contribution in [-0.2, 0) is 11.2 Å². The number of carbonyl (C=O) groups excluding carboxylic acids is 1. The number of nitrogens with zero attached hydrogens (tertiary/aromatic N) is 4. The van der Waals surface area contributed by atoms with Crippen LogP contribution in [-0.4, -0.2) is 91.1 Å². The molecular formula is C23H35N5O2. The van der Waals surface area contributed by atoms with Crippen LogP contribution in [0, 0.1) is 0 Å². The molecule has 4 rings (SSSR count). The summed E-state index contributed by atoms with van der Waals surface area (Å²) in [6.45, 7) is 11.0. The Morgan fingerprint density at radius 1 is 1.13 bits per heavy atom. The number of piperazine rings is 1. The summed E-state index contributed by atoms with van der Waals surface area (Å²) in [6, 6.07) is 8.22. The van der Waals surface area contributed by atoms with Crippen LogP contribution in [0.25, 0.3) is 0 Å². The molecule has 0 aliphatic carbocycles. The van der Waals surface area contributed by atoms with Crippen LogP contribution in [0.4, 0.5) is 0 Å². The normalized spacial score (nSPS) is 23.3. The highest BCUT2D eigenvalue weighted by molar-refractivity contribution is 5.82. The monoisotopic (exact) mass is 413 g/mol. The molecule has 0 saturated carbocycles. The molecule has 7 heteroatoms. The molecule has 2 atom stereocenters. The zero-order valence-electron chi connectivity index (χ0n) is 18.3. The lowest BCUT2D eigenvalue weighted by atomic mass is 10.1. The van der Waals surface area contributed by atoms with Gasteiger partial charge in [0.2, 0.25) is 5.91 Å². The summed E-state index contributed by atoms with van der Waals surface area (Å²) < 4.78 is 6.04. The van der Waals surface area contributed by atoms with Crippen LogP contribution in [0.1, 0.15) is 32.3 Å². The van der Waals surface area contributed by atoms with Gasteiger partial charge in [-0.05, 0) is 38.3 Å². The lowest BCUT2D eigenvalue weighted by molar-refractivity contribution is -0.135. The second kappa shape index (κ2) is 9.69. The van der Waals surface area contributed by atoms with E-state index in [2.05, 4.69) is 41.1 Å². The Morgan fingerprint density at radius 2 is 1.87 bits per heavy atom. The van der Waals surface area contributed by atoms with Gasteiger partial charge >= 0.3 is 0 Å². The van der Waals surface area contributed by atoms with Crippen molar-refractivity contribution >= 4 is 11.9 Å². The van der Waals surface area contributed by atoms with Crippen LogP contribution < -0.4 is 10.1 Å². The summed E-state index contributed by atoms with van der Waals surface area (Å²) in [6.07, 6.45) is 3.31. The third kappa shape index (κ3) is 4.72. The molecule has 1 N–H and O–H groups in total. The van der Waals surface area contributed by atoms with Gasteiger partial charge in [-0.25, -0.2) is 4.99 Å². The Hall–Kier alpha value is -2.28. The van der Waals surface area contributed by atoms with Gasteiger partial charge in [-0.15, -0.1) is 0 Å². The molecule has 7 nitrogen and oxygen atoms in total. The van der Waals surface area contributed by atoms with E-state index in [0.29, 0.717) is 12.5 Å². The van der Waals surface area contributed by atoms with Crippen molar-refractivity contribution < 1.29 is 9.53 Å². The van der Waals surface area contributed by atoms with E-state index < -0.39 is 0 Å². The topological polar surface area (TPSA) is 60.4 Å². The summed E-state index contributed by atoms with van der Waals surface area (Å²) >= 11 is 0. The number of likely N-dealkylation sites (tertiary alicyclic amines) is 1. The number of aliphatic imine (C=N–C) groups is 1. The van der Waals surface area contributed by atoms with E-state index in [9.17, 15) is 4.79 Å². The summed E-state index contributed by atoms with van der Waals surface area (Å²) in [5.41, 5.74) is 1.27. The van der Waals surface area contributed by atoms with Gasteiger partial charge in [-0.3, -0.25) is 9.69 Å². The Labute approximate surface area is 180 Å². The smallest absolute Gasteiger partial charge is 0.239 e. The molecule has 0 spiro atoms. The molecule has 1 aromatic carbocycles. The van der Waals surface area contributed by atoms with Crippen molar-refractivity contribution in [3.63, 3.8) is 0 Å². The minimum absolute atomic E-state index is 0.0323. The molecule has 2 saturated heterocycles. The molecule has 0 aromatic heterocycles. The quantitative estimate of drug-likeness (QED) is 0.587. The van der Waals surface area contributed by atoms with Crippen LogP contribution in [0.5, 0.6) is 5.75 Å². The van der Waals surface area contributed by atoms with Crippen molar-refractivity contribution in [3.05, 3.63) is 29.8 Å². The zero-order valence-corrected chi connectivity index (χ0v) is 18.3. The number of fused-ring (bicyclic) bond motifs is 1. The number of benzene rings is 1. The number of hydrogen-bond donors (Lipinski definition) is 1. The number of guanidine groups is 1. The van der Waals surface area contributed by atoms with Gasteiger partial charge in [0.05, 0.1) is 12.6 Å². The highest BCUT2D eigenvalue weighted by Gasteiger charge is 2.30.